The SMILES string of the molecule is Cc1cccc(O[SiH](C)C)c1NCc1cccs1.[H+]. The van der Waals surface area contributed by atoms with Crippen LogP contribution in [0.5, 0.6) is 5.75 Å². The van der Waals surface area contributed by atoms with E-state index in [1.165, 1.54) is 10.4 Å². The van der Waals surface area contributed by atoms with Gasteiger partial charge in [0.1, 0.15) is 5.75 Å². The van der Waals surface area contributed by atoms with Crippen molar-refractivity contribution < 1.29 is 5.85 Å². The molecule has 4 heteroatoms. The van der Waals surface area contributed by atoms with Gasteiger partial charge in [-0.3, -0.25) is 0 Å². The van der Waals surface area contributed by atoms with E-state index in [4.69, 9.17) is 4.43 Å². The lowest BCUT2D eigenvalue weighted by Crippen LogP contribution is -2.13. The maximum Gasteiger partial charge on any atom is 1.00 e. The van der Waals surface area contributed by atoms with Crippen LogP contribution in [0.3, 0.4) is 0 Å². The Hall–Kier alpha value is -1.26. The van der Waals surface area contributed by atoms with E-state index in [-0.39, 0.29) is 1.43 Å². The first-order chi connectivity index (χ1) is 8.66. The van der Waals surface area contributed by atoms with Gasteiger partial charge in [-0.1, -0.05) is 18.2 Å². The van der Waals surface area contributed by atoms with Crippen molar-refractivity contribution in [3.63, 3.8) is 0 Å². The van der Waals surface area contributed by atoms with Crippen molar-refractivity contribution in [3.05, 3.63) is 46.2 Å². The summed E-state index contributed by atoms with van der Waals surface area (Å²) in [5.41, 5.74) is 2.37. The van der Waals surface area contributed by atoms with Crippen molar-refractivity contribution in [2.24, 2.45) is 0 Å². The number of anilines is 1. The third-order valence-electron chi connectivity index (χ3n) is 2.62. The summed E-state index contributed by atoms with van der Waals surface area (Å²) in [7, 11) is -1.07. The molecule has 1 aromatic carbocycles. The third kappa shape index (κ3) is 3.37. The highest BCUT2D eigenvalue weighted by Gasteiger charge is 2.08. The van der Waals surface area contributed by atoms with E-state index in [0.29, 0.717) is 0 Å². The molecule has 1 heterocycles. The standard InChI is InChI=1S/C14H19NOSSi/c1-11-6-4-8-13(16-18(2)3)14(11)15-10-12-7-5-9-17-12/h4-9,15,18H,10H2,1-3H3/p+1. The molecule has 1 N–H and O–H groups in total. The highest BCUT2D eigenvalue weighted by Crippen LogP contribution is 2.29. The second-order valence-corrected chi connectivity index (χ2v) is 7.91. The van der Waals surface area contributed by atoms with Crippen molar-refractivity contribution in [3.8, 4) is 5.75 Å². The summed E-state index contributed by atoms with van der Waals surface area (Å²) in [6.45, 7) is 7.35. The zero-order valence-electron chi connectivity index (χ0n) is 12.1. The smallest absolute Gasteiger partial charge is 0.546 e. The van der Waals surface area contributed by atoms with Crippen LogP contribution < -0.4 is 9.74 Å². The molecule has 0 fully saturated rings. The maximum absolute atomic E-state index is 5.98. The Balaban J connectivity index is 0.00000180. The minimum atomic E-state index is -1.07. The number of rotatable bonds is 5. The zero-order chi connectivity index (χ0) is 13.0. The molecule has 0 aliphatic heterocycles. The van der Waals surface area contributed by atoms with Crippen LogP contribution in [0, 0.1) is 6.92 Å². The molecule has 18 heavy (non-hydrogen) atoms. The fourth-order valence-electron chi connectivity index (χ4n) is 1.81. The van der Waals surface area contributed by atoms with Gasteiger partial charge in [0.2, 0.25) is 9.04 Å². The van der Waals surface area contributed by atoms with Crippen LogP contribution in [0.15, 0.2) is 35.7 Å². The molecule has 0 saturated carbocycles. The number of hydrogen-bond donors (Lipinski definition) is 1. The number of benzene rings is 1. The van der Waals surface area contributed by atoms with E-state index in [9.17, 15) is 0 Å². The van der Waals surface area contributed by atoms with E-state index in [0.717, 1.165) is 18.0 Å². The molecule has 2 rings (SSSR count). The van der Waals surface area contributed by atoms with Gasteiger partial charge in [0, 0.05) is 11.4 Å². The largest absolute Gasteiger partial charge is 1.00 e. The van der Waals surface area contributed by atoms with Gasteiger partial charge >= 0.3 is 1.43 Å². The topological polar surface area (TPSA) is 21.3 Å². The highest BCUT2D eigenvalue weighted by molar-refractivity contribution is 7.09. The molecule has 0 aliphatic rings. The highest BCUT2D eigenvalue weighted by atomic mass is 32.1. The molecule has 0 atom stereocenters. The van der Waals surface area contributed by atoms with Crippen molar-refractivity contribution in [2.75, 3.05) is 5.32 Å². The van der Waals surface area contributed by atoms with Gasteiger partial charge in [0.25, 0.3) is 0 Å². The fraction of sp³-hybridized carbons (Fsp3) is 0.286. The first-order valence-electron chi connectivity index (χ1n) is 6.19. The first kappa shape index (κ1) is 13.2. The van der Waals surface area contributed by atoms with Gasteiger partial charge in [0.05, 0.1) is 5.69 Å². The van der Waals surface area contributed by atoms with Gasteiger partial charge < -0.3 is 9.74 Å². The summed E-state index contributed by atoms with van der Waals surface area (Å²) < 4.78 is 5.98. The predicted octanol–water partition coefficient (Wildman–Crippen LogP) is 4.14. The summed E-state index contributed by atoms with van der Waals surface area (Å²) in [5, 5.41) is 5.60. The molecule has 1 aromatic heterocycles. The van der Waals surface area contributed by atoms with Crippen LogP contribution in [0.1, 0.15) is 11.9 Å². The average molecular weight is 278 g/mol. The van der Waals surface area contributed by atoms with Gasteiger partial charge in [-0.2, -0.15) is 0 Å². The van der Waals surface area contributed by atoms with Crippen LogP contribution in [0.4, 0.5) is 5.69 Å². The Morgan fingerprint density at radius 2 is 2.11 bits per heavy atom. The van der Waals surface area contributed by atoms with E-state index < -0.39 is 9.04 Å². The zero-order valence-corrected chi connectivity index (χ0v) is 13.0. The summed E-state index contributed by atoms with van der Waals surface area (Å²) in [6, 6.07) is 10.5. The van der Waals surface area contributed by atoms with E-state index >= 15 is 0 Å². The quantitative estimate of drug-likeness (QED) is 0.830. The Morgan fingerprint density at radius 1 is 1.28 bits per heavy atom. The molecular formula is C14H20NOSSi+. The summed E-state index contributed by atoms with van der Waals surface area (Å²) in [4.78, 5) is 1.34. The van der Waals surface area contributed by atoms with Gasteiger partial charge in [0.15, 0.2) is 0 Å². The van der Waals surface area contributed by atoms with Crippen molar-refractivity contribution in [1.82, 2.24) is 0 Å². The van der Waals surface area contributed by atoms with E-state index in [1.54, 1.807) is 11.3 Å². The lowest BCUT2D eigenvalue weighted by atomic mass is 10.2. The molecule has 0 aliphatic carbocycles. The lowest BCUT2D eigenvalue weighted by molar-refractivity contribution is 0.582. The molecule has 2 nitrogen and oxygen atoms in total. The van der Waals surface area contributed by atoms with Gasteiger partial charge in [-0.05, 0) is 43.1 Å². The van der Waals surface area contributed by atoms with Gasteiger partial charge in [-0.15, -0.1) is 11.3 Å². The number of aryl methyl sites for hydroxylation is 1. The average Bonchev–Trinajstić information content (AvgIpc) is 2.80. The molecule has 0 saturated heterocycles. The van der Waals surface area contributed by atoms with Crippen LogP contribution in [0.25, 0.3) is 0 Å². The fourth-order valence-corrected chi connectivity index (χ4v) is 3.16. The Kier molecular flexibility index (Phi) is 4.44. The predicted molar refractivity (Wildman–Crippen MR) is 83.4 cm³/mol. The molecule has 2 aromatic rings. The van der Waals surface area contributed by atoms with Crippen molar-refractivity contribution >= 4 is 26.1 Å². The van der Waals surface area contributed by atoms with Crippen LogP contribution >= 0.6 is 11.3 Å². The molecule has 0 radical (unpaired) electrons. The molecule has 0 bridgehead atoms. The van der Waals surface area contributed by atoms with Crippen LogP contribution in [-0.2, 0) is 6.54 Å². The Bertz CT molecular complexity index is 502. The lowest BCUT2D eigenvalue weighted by Gasteiger charge is -2.17. The Labute approximate surface area is 116 Å². The second kappa shape index (κ2) is 6.07. The number of para-hydroxylation sites is 1. The second-order valence-electron chi connectivity index (χ2n) is 4.55. The molecule has 0 spiro atoms. The van der Waals surface area contributed by atoms with E-state index in [2.05, 4.69) is 61.0 Å². The molecular weight excluding hydrogens is 258 g/mol. The van der Waals surface area contributed by atoms with Crippen LogP contribution in [0.2, 0.25) is 13.1 Å². The van der Waals surface area contributed by atoms with Gasteiger partial charge in [-0.25, -0.2) is 0 Å². The summed E-state index contributed by atoms with van der Waals surface area (Å²) >= 11 is 1.77. The monoisotopic (exact) mass is 278 g/mol. The minimum absolute atomic E-state index is 0. The normalized spacial score (nSPS) is 10.7. The molecule has 96 valence electrons. The minimum Gasteiger partial charge on any atom is -0.546 e. The molecule has 0 unspecified atom stereocenters. The maximum atomic E-state index is 5.98. The summed E-state index contributed by atoms with van der Waals surface area (Å²) in [6.07, 6.45) is 0. The van der Waals surface area contributed by atoms with Crippen LogP contribution in [-0.4, -0.2) is 9.04 Å². The number of thiophene rings is 1. The molecule has 0 amide bonds. The van der Waals surface area contributed by atoms with Crippen molar-refractivity contribution in [1.29, 1.82) is 0 Å². The number of nitrogens with one attached hydrogen (secondary N) is 1. The van der Waals surface area contributed by atoms with Crippen molar-refractivity contribution in [2.45, 2.75) is 26.6 Å². The van der Waals surface area contributed by atoms with E-state index in [1.807, 2.05) is 0 Å². The summed E-state index contributed by atoms with van der Waals surface area (Å²) in [5.74, 6) is 0.994. The first-order valence-corrected chi connectivity index (χ1v) is 9.85. The third-order valence-corrected chi connectivity index (χ3v) is 4.22. The number of hydrogen-bond acceptors (Lipinski definition) is 3. The Morgan fingerprint density at radius 3 is 2.78 bits per heavy atom.